The molecule has 0 heterocycles. The molecule has 1 atom stereocenters. The molecule has 1 unspecified atom stereocenters. The fourth-order valence-electron chi connectivity index (χ4n) is 3.58. The Kier molecular flexibility index (Phi) is 11.7. The summed E-state index contributed by atoms with van der Waals surface area (Å²) in [5, 5.41) is 6.76. The summed E-state index contributed by atoms with van der Waals surface area (Å²) in [6.07, 6.45) is 6.71. The number of rotatable bonds is 9. The monoisotopic (exact) mass is 475 g/mol. The Morgan fingerprint density at radius 3 is 2.62 bits per heavy atom. The molecular formula is C20H34IN3O2. The van der Waals surface area contributed by atoms with Gasteiger partial charge < -0.3 is 20.1 Å². The summed E-state index contributed by atoms with van der Waals surface area (Å²) in [6, 6.07) is 8.03. The van der Waals surface area contributed by atoms with Gasteiger partial charge >= 0.3 is 0 Å². The molecular weight excluding hydrogens is 441 g/mol. The van der Waals surface area contributed by atoms with Crippen LogP contribution in [0.4, 0.5) is 0 Å². The predicted octanol–water partition coefficient (Wildman–Crippen LogP) is 3.96. The Balaban J connectivity index is 0.00000338. The first-order valence-corrected chi connectivity index (χ1v) is 9.46. The zero-order chi connectivity index (χ0) is 17.9. The summed E-state index contributed by atoms with van der Waals surface area (Å²) < 4.78 is 11.4. The van der Waals surface area contributed by atoms with Crippen molar-refractivity contribution < 1.29 is 9.47 Å². The Morgan fingerprint density at radius 1 is 1.23 bits per heavy atom. The molecule has 0 radical (unpaired) electrons. The summed E-state index contributed by atoms with van der Waals surface area (Å²) in [6.45, 7) is 4.43. The van der Waals surface area contributed by atoms with Gasteiger partial charge in [-0.05, 0) is 38.2 Å². The summed E-state index contributed by atoms with van der Waals surface area (Å²) in [5.41, 5.74) is 1.12. The van der Waals surface area contributed by atoms with Crippen molar-refractivity contribution >= 4 is 29.9 Å². The number of ether oxygens (including phenoxy) is 2. The number of hydrogen-bond acceptors (Lipinski definition) is 3. The number of methoxy groups -OCH3 is 1. The Morgan fingerprint density at radius 2 is 1.96 bits per heavy atom. The molecule has 1 saturated carbocycles. The Hall–Kier alpha value is -1.02. The number of guanidine groups is 1. The minimum atomic E-state index is 0. The molecule has 1 aromatic rings. The molecule has 0 aliphatic heterocycles. The SMILES string of the molecule is CCOC(CCNC(=NC)NCc1ccccc1OC)C1CCCC1.I. The van der Waals surface area contributed by atoms with E-state index < -0.39 is 0 Å². The highest BCUT2D eigenvalue weighted by Gasteiger charge is 2.25. The van der Waals surface area contributed by atoms with E-state index in [1.807, 2.05) is 18.2 Å². The molecule has 2 rings (SSSR count). The molecule has 0 spiro atoms. The van der Waals surface area contributed by atoms with Crippen molar-refractivity contribution in [3.63, 3.8) is 0 Å². The molecule has 1 aromatic carbocycles. The van der Waals surface area contributed by atoms with Crippen molar-refractivity contribution in [2.24, 2.45) is 10.9 Å². The van der Waals surface area contributed by atoms with Gasteiger partial charge in [0.15, 0.2) is 5.96 Å². The third-order valence-electron chi connectivity index (χ3n) is 4.89. The molecule has 1 aliphatic carbocycles. The lowest BCUT2D eigenvalue weighted by atomic mass is 9.98. The number of nitrogens with one attached hydrogen (secondary N) is 2. The largest absolute Gasteiger partial charge is 0.496 e. The lowest BCUT2D eigenvalue weighted by Gasteiger charge is -2.24. The highest BCUT2D eigenvalue weighted by atomic mass is 127. The number of halogens is 1. The van der Waals surface area contributed by atoms with Crippen molar-refractivity contribution in [1.82, 2.24) is 10.6 Å². The van der Waals surface area contributed by atoms with Crippen molar-refractivity contribution in [3.05, 3.63) is 29.8 Å². The molecule has 26 heavy (non-hydrogen) atoms. The van der Waals surface area contributed by atoms with Crippen LogP contribution in [0.5, 0.6) is 5.75 Å². The molecule has 6 heteroatoms. The van der Waals surface area contributed by atoms with Crippen molar-refractivity contribution in [2.45, 2.75) is 51.7 Å². The first-order chi connectivity index (χ1) is 12.3. The second-order valence-corrected chi connectivity index (χ2v) is 6.49. The molecule has 0 bridgehead atoms. The topological polar surface area (TPSA) is 54.9 Å². The van der Waals surface area contributed by atoms with E-state index in [4.69, 9.17) is 9.47 Å². The standard InChI is InChI=1S/C20H33N3O2.HI/c1-4-25-19(16-9-5-6-10-16)13-14-22-20(21-2)23-15-17-11-7-8-12-18(17)24-3;/h7-8,11-12,16,19H,4-6,9-10,13-15H2,1-3H3,(H2,21,22,23);1H. The van der Waals surface area contributed by atoms with Gasteiger partial charge in [-0.25, -0.2) is 0 Å². The van der Waals surface area contributed by atoms with Crippen LogP contribution in [0.1, 0.15) is 44.6 Å². The second-order valence-electron chi connectivity index (χ2n) is 6.49. The van der Waals surface area contributed by atoms with Gasteiger partial charge in [-0.2, -0.15) is 0 Å². The molecule has 0 aromatic heterocycles. The van der Waals surface area contributed by atoms with Gasteiger partial charge in [0.25, 0.3) is 0 Å². The minimum Gasteiger partial charge on any atom is -0.496 e. The average Bonchev–Trinajstić information content (AvgIpc) is 3.18. The molecule has 5 nitrogen and oxygen atoms in total. The lowest BCUT2D eigenvalue weighted by molar-refractivity contribution is 0.0169. The minimum absolute atomic E-state index is 0. The predicted molar refractivity (Wildman–Crippen MR) is 119 cm³/mol. The average molecular weight is 475 g/mol. The van der Waals surface area contributed by atoms with Crippen LogP contribution < -0.4 is 15.4 Å². The van der Waals surface area contributed by atoms with Gasteiger partial charge in [-0.3, -0.25) is 4.99 Å². The summed E-state index contributed by atoms with van der Waals surface area (Å²) in [7, 11) is 3.50. The highest BCUT2D eigenvalue weighted by molar-refractivity contribution is 14.0. The van der Waals surface area contributed by atoms with E-state index >= 15 is 0 Å². The zero-order valence-corrected chi connectivity index (χ0v) is 18.6. The van der Waals surface area contributed by atoms with Crippen LogP contribution in [0.25, 0.3) is 0 Å². The highest BCUT2D eigenvalue weighted by Crippen LogP contribution is 2.30. The van der Waals surface area contributed by atoms with Gasteiger partial charge in [0, 0.05) is 32.3 Å². The van der Waals surface area contributed by atoms with E-state index in [2.05, 4.69) is 28.6 Å². The Bertz CT molecular complexity index is 534. The van der Waals surface area contributed by atoms with E-state index in [0.29, 0.717) is 12.6 Å². The van der Waals surface area contributed by atoms with Crippen LogP contribution in [-0.2, 0) is 11.3 Å². The maximum Gasteiger partial charge on any atom is 0.191 e. The number of para-hydroxylation sites is 1. The zero-order valence-electron chi connectivity index (χ0n) is 16.3. The summed E-state index contributed by atoms with van der Waals surface area (Å²) >= 11 is 0. The van der Waals surface area contributed by atoms with Crippen LogP contribution in [-0.4, -0.2) is 39.4 Å². The fourth-order valence-corrected chi connectivity index (χ4v) is 3.58. The molecule has 0 saturated heterocycles. The van der Waals surface area contributed by atoms with Crippen molar-refractivity contribution in [3.8, 4) is 5.75 Å². The normalized spacial score (nSPS) is 16.0. The van der Waals surface area contributed by atoms with Crippen LogP contribution >= 0.6 is 24.0 Å². The smallest absolute Gasteiger partial charge is 0.191 e. The molecule has 1 fully saturated rings. The fraction of sp³-hybridized carbons (Fsp3) is 0.650. The number of hydrogen-bond donors (Lipinski definition) is 2. The third kappa shape index (κ3) is 7.31. The lowest BCUT2D eigenvalue weighted by Crippen LogP contribution is -2.39. The van der Waals surface area contributed by atoms with Crippen molar-refractivity contribution in [2.75, 3.05) is 27.3 Å². The maximum absolute atomic E-state index is 5.98. The summed E-state index contributed by atoms with van der Waals surface area (Å²) in [4.78, 5) is 4.31. The van der Waals surface area contributed by atoms with E-state index in [0.717, 1.165) is 42.8 Å². The van der Waals surface area contributed by atoms with Crippen molar-refractivity contribution in [1.29, 1.82) is 0 Å². The number of benzene rings is 1. The molecule has 0 amide bonds. The Labute approximate surface area is 175 Å². The van der Waals surface area contributed by atoms with Crippen LogP contribution in [0.2, 0.25) is 0 Å². The number of nitrogens with zero attached hydrogens (tertiary/aromatic N) is 1. The van der Waals surface area contributed by atoms with E-state index in [9.17, 15) is 0 Å². The van der Waals surface area contributed by atoms with Crippen LogP contribution in [0.15, 0.2) is 29.3 Å². The van der Waals surface area contributed by atoms with Gasteiger partial charge in [0.05, 0.1) is 13.2 Å². The van der Waals surface area contributed by atoms with Gasteiger partial charge in [0.1, 0.15) is 5.75 Å². The third-order valence-corrected chi connectivity index (χ3v) is 4.89. The van der Waals surface area contributed by atoms with E-state index in [1.165, 1.54) is 25.7 Å². The second kappa shape index (κ2) is 13.2. The maximum atomic E-state index is 5.98. The molecule has 1 aliphatic rings. The summed E-state index contributed by atoms with van der Waals surface area (Å²) in [5.74, 6) is 2.43. The first kappa shape index (κ1) is 23.0. The quantitative estimate of drug-likeness (QED) is 0.323. The van der Waals surface area contributed by atoms with Gasteiger partial charge in [0.2, 0.25) is 0 Å². The molecule has 2 N–H and O–H groups in total. The van der Waals surface area contributed by atoms with Gasteiger partial charge in [-0.15, -0.1) is 24.0 Å². The van der Waals surface area contributed by atoms with Crippen LogP contribution in [0, 0.1) is 5.92 Å². The van der Waals surface area contributed by atoms with E-state index in [-0.39, 0.29) is 24.0 Å². The van der Waals surface area contributed by atoms with Gasteiger partial charge in [-0.1, -0.05) is 31.0 Å². The number of aliphatic imine (C=N–C) groups is 1. The molecule has 148 valence electrons. The van der Waals surface area contributed by atoms with Crippen LogP contribution in [0.3, 0.4) is 0 Å². The van der Waals surface area contributed by atoms with E-state index in [1.54, 1.807) is 14.2 Å². The first-order valence-electron chi connectivity index (χ1n) is 9.46.